The molecule has 2 aromatic carbocycles. The number of rotatable bonds is 5. The molecular formula is C20H25N3O2. The number of phenolic OH excluding ortho intramolecular Hbond substituents is 1. The Hall–Kier alpha value is -2.53. The average Bonchev–Trinajstić information content (AvgIpc) is 2.67. The molecule has 0 spiro atoms. The maximum atomic E-state index is 12.4. The van der Waals surface area contributed by atoms with Crippen LogP contribution in [0.2, 0.25) is 0 Å². The molecule has 25 heavy (non-hydrogen) atoms. The highest BCUT2D eigenvalue weighted by atomic mass is 16.3. The first-order valence-corrected chi connectivity index (χ1v) is 8.74. The molecule has 1 aliphatic heterocycles. The number of carbonyl (C=O) groups is 1. The summed E-state index contributed by atoms with van der Waals surface area (Å²) in [5.74, 6) is 0.365. The van der Waals surface area contributed by atoms with Gasteiger partial charge in [-0.3, -0.25) is 9.69 Å². The maximum Gasteiger partial charge on any atom is 0.237 e. The smallest absolute Gasteiger partial charge is 0.237 e. The van der Waals surface area contributed by atoms with Crippen molar-refractivity contribution < 1.29 is 9.90 Å². The van der Waals surface area contributed by atoms with Gasteiger partial charge in [0.05, 0.1) is 11.7 Å². The Balaban J connectivity index is 1.50. The van der Waals surface area contributed by atoms with Crippen molar-refractivity contribution in [2.24, 2.45) is 0 Å². The number of anilines is 1. The third-order valence-corrected chi connectivity index (χ3v) is 4.77. The number of hydrogen-bond acceptors (Lipinski definition) is 4. The molecule has 1 amide bonds. The zero-order valence-electron chi connectivity index (χ0n) is 14.6. The Bertz CT molecular complexity index is 697. The quantitative estimate of drug-likeness (QED) is 0.877. The number of benzene rings is 2. The molecule has 5 nitrogen and oxygen atoms in total. The standard InChI is InChI=1S/C20H25N3O2/c1-16(20(25)21-15-17-7-3-2-4-8-17)22-11-13-23(14-12-22)18-9-5-6-10-19(18)24/h2-10,16,24H,11-15H2,1H3,(H,21,25)/t16-/m1/s1. The van der Waals surface area contributed by atoms with Crippen LogP contribution < -0.4 is 10.2 Å². The predicted molar refractivity (Wildman–Crippen MR) is 99.6 cm³/mol. The van der Waals surface area contributed by atoms with Gasteiger partial charge >= 0.3 is 0 Å². The van der Waals surface area contributed by atoms with E-state index < -0.39 is 0 Å². The molecular weight excluding hydrogens is 314 g/mol. The van der Waals surface area contributed by atoms with Crippen molar-refractivity contribution in [3.8, 4) is 5.75 Å². The largest absolute Gasteiger partial charge is 0.506 e. The summed E-state index contributed by atoms with van der Waals surface area (Å²) in [5.41, 5.74) is 1.97. The number of carbonyl (C=O) groups excluding carboxylic acids is 1. The fourth-order valence-corrected chi connectivity index (χ4v) is 3.18. The molecule has 2 N–H and O–H groups in total. The molecule has 2 aromatic rings. The second-order valence-electron chi connectivity index (χ2n) is 6.39. The van der Waals surface area contributed by atoms with Crippen molar-refractivity contribution in [2.75, 3.05) is 31.1 Å². The fraction of sp³-hybridized carbons (Fsp3) is 0.350. The minimum absolute atomic E-state index is 0.0554. The predicted octanol–water partition coefficient (Wildman–Crippen LogP) is 2.22. The molecule has 0 aromatic heterocycles. The summed E-state index contributed by atoms with van der Waals surface area (Å²) < 4.78 is 0. The van der Waals surface area contributed by atoms with Gasteiger partial charge in [0.15, 0.2) is 0 Å². The number of piperazine rings is 1. The van der Waals surface area contributed by atoms with E-state index in [2.05, 4.69) is 15.1 Å². The molecule has 0 bridgehead atoms. The van der Waals surface area contributed by atoms with E-state index >= 15 is 0 Å². The van der Waals surface area contributed by atoms with Crippen molar-refractivity contribution in [3.05, 3.63) is 60.2 Å². The van der Waals surface area contributed by atoms with Gasteiger partial charge in [-0.2, -0.15) is 0 Å². The summed E-state index contributed by atoms with van der Waals surface area (Å²) in [6.45, 7) is 5.71. The average molecular weight is 339 g/mol. The lowest BCUT2D eigenvalue weighted by atomic mass is 10.1. The van der Waals surface area contributed by atoms with E-state index in [4.69, 9.17) is 0 Å². The molecule has 0 radical (unpaired) electrons. The number of nitrogens with one attached hydrogen (secondary N) is 1. The molecule has 1 fully saturated rings. The molecule has 1 atom stereocenters. The van der Waals surface area contributed by atoms with Crippen molar-refractivity contribution >= 4 is 11.6 Å². The number of amides is 1. The Kier molecular flexibility index (Phi) is 5.56. The summed E-state index contributed by atoms with van der Waals surface area (Å²) in [6.07, 6.45) is 0. The summed E-state index contributed by atoms with van der Waals surface area (Å²) >= 11 is 0. The molecule has 0 aliphatic carbocycles. The minimum atomic E-state index is -0.157. The first kappa shape index (κ1) is 17.3. The molecule has 1 heterocycles. The Morgan fingerprint density at radius 3 is 2.36 bits per heavy atom. The number of nitrogens with zero attached hydrogens (tertiary/aromatic N) is 2. The lowest BCUT2D eigenvalue weighted by Gasteiger charge is -2.38. The molecule has 132 valence electrons. The van der Waals surface area contributed by atoms with Gasteiger partial charge in [-0.1, -0.05) is 42.5 Å². The second-order valence-corrected chi connectivity index (χ2v) is 6.39. The minimum Gasteiger partial charge on any atom is -0.506 e. The molecule has 0 saturated carbocycles. The van der Waals surface area contributed by atoms with Crippen LogP contribution in [0, 0.1) is 0 Å². The van der Waals surface area contributed by atoms with Crippen LogP contribution in [0.25, 0.3) is 0 Å². The third-order valence-electron chi connectivity index (χ3n) is 4.77. The highest BCUT2D eigenvalue weighted by Gasteiger charge is 2.26. The van der Waals surface area contributed by atoms with Crippen molar-refractivity contribution in [1.82, 2.24) is 10.2 Å². The topological polar surface area (TPSA) is 55.8 Å². The summed E-state index contributed by atoms with van der Waals surface area (Å²) in [5, 5.41) is 13.0. The van der Waals surface area contributed by atoms with Crippen LogP contribution in [0.1, 0.15) is 12.5 Å². The summed E-state index contributed by atoms with van der Waals surface area (Å²) in [7, 11) is 0. The van der Waals surface area contributed by atoms with Crippen LogP contribution in [-0.2, 0) is 11.3 Å². The summed E-state index contributed by atoms with van der Waals surface area (Å²) in [6, 6.07) is 17.2. The lowest BCUT2D eigenvalue weighted by molar-refractivity contribution is -0.126. The first-order chi connectivity index (χ1) is 12.1. The van der Waals surface area contributed by atoms with E-state index in [0.29, 0.717) is 12.3 Å². The van der Waals surface area contributed by atoms with Crippen LogP contribution >= 0.6 is 0 Å². The first-order valence-electron chi connectivity index (χ1n) is 8.74. The number of aromatic hydroxyl groups is 1. The van der Waals surface area contributed by atoms with Gasteiger partial charge in [-0.15, -0.1) is 0 Å². The normalized spacial score (nSPS) is 16.4. The number of phenols is 1. The highest BCUT2D eigenvalue weighted by molar-refractivity contribution is 5.81. The van der Waals surface area contributed by atoms with Gasteiger partial charge in [0.25, 0.3) is 0 Å². The molecule has 0 unspecified atom stereocenters. The molecule has 3 rings (SSSR count). The van der Waals surface area contributed by atoms with E-state index in [9.17, 15) is 9.90 Å². The van der Waals surface area contributed by atoms with Gasteiger partial charge in [0, 0.05) is 32.7 Å². The second kappa shape index (κ2) is 8.03. The van der Waals surface area contributed by atoms with E-state index in [1.54, 1.807) is 6.07 Å². The van der Waals surface area contributed by atoms with Crippen LogP contribution in [-0.4, -0.2) is 48.1 Å². The third kappa shape index (κ3) is 4.31. The van der Waals surface area contributed by atoms with Gasteiger partial charge in [0.1, 0.15) is 5.75 Å². The van der Waals surface area contributed by atoms with E-state index in [1.807, 2.05) is 55.5 Å². The zero-order chi connectivity index (χ0) is 17.6. The van der Waals surface area contributed by atoms with Crippen molar-refractivity contribution in [1.29, 1.82) is 0 Å². The number of para-hydroxylation sites is 2. The zero-order valence-corrected chi connectivity index (χ0v) is 14.6. The summed E-state index contributed by atoms with van der Waals surface area (Å²) in [4.78, 5) is 16.8. The maximum absolute atomic E-state index is 12.4. The molecule has 1 aliphatic rings. The van der Waals surface area contributed by atoms with Gasteiger partial charge in [-0.05, 0) is 24.6 Å². The van der Waals surface area contributed by atoms with Crippen LogP contribution in [0.3, 0.4) is 0 Å². The number of hydrogen-bond donors (Lipinski definition) is 2. The highest BCUT2D eigenvalue weighted by Crippen LogP contribution is 2.27. The van der Waals surface area contributed by atoms with E-state index in [1.165, 1.54) is 0 Å². The van der Waals surface area contributed by atoms with Crippen molar-refractivity contribution in [3.63, 3.8) is 0 Å². The fourth-order valence-electron chi connectivity index (χ4n) is 3.18. The van der Waals surface area contributed by atoms with Crippen LogP contribution in [0.15, 0.2) is 54.6 Å². The Morgan fingerprint density at radius 2 is 1.68 bits per heavy atom. The Morgan fingerprint density at radius 1 is 1.04 bits per heavy atom. The van der Waals surface area contributed by atoms with Gasteiger partial charge in [0.2, 0.25) is 5.91 Å². The van der Waals surface area contributed by atoms with E-state index in [0.717, 1.165) is 37.4 Å². The van der Waals surface area contributed by atoms with Crippen LogP contribution in [0.4, 0.5) is 5.69 Å². The van der Waals surface area contributed by atoms with Crippen molar-refractivity contribution in [2.45, 2.75) is 19.5 Å². The Labute approximate surface area is 148 Å². The monoisotopic (exact) mass is 339 g/mol. The van der Waals surface area contributed by atoms with E-state index in [-0.39, 0.29) is 11.9 Å². The SMILES string of the molecule is C[C@H](C(=O)NCc1ccccc1)N1CCN(c2ccccc2O)CC1. The van der Waals surface area contributed by atoms with Crippen LogP contribution in [0.5, 0.6) is 5.75 Å². The lowest BCUT2D eigenvalue weighted by Crippen LogP contribution is -2.53. The van der Waals surface area contributed by atoms with Gasteiger partial charge < -0.3 is 15.3 Å². The van der Waals surface area contributed by atoms with Gasteiger partial charge in [-0.25, -0.2) is 0 Å². The molecule has 5 heteroatoms. The molecule has 1 saturated heterocycles.